The highest BCUT2D eigenvalue weighted by Gasteiger charge is 2.35. The van der Waals surface area contributed by atoms with Crippen molar-refractivity contribution < 1.29 is 0 Å². The molecule has 0 spiro atoms. The smallest absolute Gasteiger partial charge is 0.106 e. The third kappa shape index (κ3) is 2.52. The zero-order valence-corrected chi connectivity index (χ0v) is 13.3. The molecule has 0 saturated carbocycles. The number of rotatable bonds is 2. The first kappa shape index (κ1) is 14.1. The van der Waals surface area contributed by atoms with E-state index in [0.29, 0.717) is 16.1 Å². The molecule has 2 N–H and O–H groups in total. The van der Waals surface area contributed by atoms with Gasteiger partial charge in [-0.25, -0.2) is 0 Å². The van der Waals surface area contributed by atoms with E-state index >= 15 is 0 Å². The highest BCUT2D eigenvalue weighted by molar-refractivity contribution is 7.80. The maximum Gasteiger partial charge on any atom is 0.106 e. The topological polar surface area (TPSA) is 32.5 Å². The van der Waals surface area contributed by atoms with Gasteiger partial charge in [0.05, 0.1) is 0 Å². The highest BCUT2D eigenvalue weighted by atomic mass is 35.5. The lowest BCUT2D eigenvalue weighted by Gasteiger charge is -2.29. The van der Waals surface area contributed by atoms with E-state index in [1.165, 1.54) is 19.3 Å². The summed E-state index contributed by atoms with van der Waals surface area (Å²) in [4.78, 5) is 5.38. The van der Waals surface area contributed by atoms with Gasteiger partial charge in [0.1, 0.15) is 4.99 Å². The standard InChI is InChI=1S/C15H20ClN3S/c1-18-11-3-4-12(18)9-19(7-6-11)14-5-2-10(16)8-13(14)15(17)20/h2,5,8,11-12H,3-4,6-7,9H2,1H3,(H2,17,20). The number of benzene rings is 1. The van der Waals surface area contributed by atoms with E-state index in [9.17, 15) is 0 Å². The molecule has 5 heteroatoms. The molecule has 2 fully saturated rings. The first-order chi connectivity index (χ1) is 9.56. The molecule has 2 aliphatic rings. The predicted octanol–water partition coefficient (Wildman–Crippen LogP) is 2.65. The minimum Gasteiger partial charge on any atom is -0.389 e. The number of nitrogens with zero attached hydrogens (tertiary/aromatic N) is 2. The molecule has 2 saturated heterocycles. The van der Waals surface area contributed by atoms with Gasteiger partial charge in [0, 0.05) is 41.4 Å². The van der Waals surface area contributed by atoms with Gasteiger partial charge < -0.3 is 10.6 Å². The molecule has 2 atom stereocenters. The Kier molecular flexibility index (Phi) is 3.89. The fourth-order valence-electron chi connectivity index (χ4n) is 3.51. The summed E-state index contributed by atoms with van der Waals surface area (Å²) in [5.41, 5.74) is 7.89. The van der Waals surface area contributed by atoms with E-state index < -0.39 is 0 Å². The van der Waals surface area contributed by atoms with Gasteiger partial charge in [0.25, 0.3) is 0 Å². The van der Waals surface area contributed by atoms with Gasteiger partial charge in [-0.3, -0.25) is 4.90 Å². The zero-order chi connectivity index (χ0) is 14.3. The average Bonchev–Trinajstić information content (AvgIpc) is 2.64. The molecule has 108 valence electrons. The van der Waals surface area contributed by atoms with E-state index in [1.54, 1.807) is 0 Å². The molecule has 2 unspecified atom stereocenters. The Morgan fingerprint density at radius 2 is 2.05 bits per heavy atom. The summed E-state index contributed by atoms with van der Waals surface area (Å²) in [7, 11) is 2.25. The lowest BCUT2D eigenvalue weighted by atomic mass is 10.1. The summed E-state index contributed by atoms with van der Waals surface area (Å²) in [5.74, 6) is 0. The Morgan fingerprint density at radius 1 is 1.30 bits per heavy atom. The summed E-state index contributed by atoms with van der Waals surface area (Å²) in [6.07, 6.45) is 3.82. The molecule has 2 aliphatic heterocycles. The Balaban J connectivity index is 1.91. The molecule has 2 heterocycles. The summed E-state index contributed by atoms with van der Waals surface area (Å²) >= 11 is 11.3. The van der Waals surface area contributed by atoms with Crippen LogP contribution in [0, 0.1) is 0 Å². The molecule has 2 bridgehead atoms. The van der Waals surface area contributed by atoms with Crippen molar-refractivity contribution in [1.82, 2.24) is 4.90 Å². The number of nitrogens with two attached hydrogens (primary N) is 1. The van der Waals surface area contributed by atoms with Crippen LogP contribution in [0.3, 0.4) is 0 Å². The second-order valence-electron chi connectivity index (χ2n) is 5.81. The van der Waals surface area contributed by atoms with Crippen LogP contribution in [0.4, 0.5) is 5.69 Å². The van der Waals surface area contributed by atoms with Crippen LogP contribution < -0.4 is 10.6 Å². The van der Waals surface area contributed by atoms with Crippen LogP contribution in [0.1, 0.15) is 24.8 Å². The van der Waals surface area contributed by atoms with Gasteiger partial charge in [-0.2, -0.15) is 0 Å². The van der Waals surface area contributed by atoms with Gasteiger partial charge in [-0.05, 0) is 44.5 Å². The Labute approximate surface area is 130 Å². The Bertz CT molecular complexity index is 534. The summed E-state index contributed by atoms with van der Waals surface area (Å²) in [6.45, 7) is 2.10. The maximum absolute atomic E-state index is 6.08. The van der Waals surface area contributed by atoms with Crippen molar-refractivity contribution in [3.63, 3.8) is 0 Å². The molecule has 3 rings (SSSR count). The predicted molar refractivity (Wildman–Crippen MR) is 88.7 cm³/mol. The molecule has 0 radical (unpaired) electrons. The number of fused-ring (bicyclic) bond motifs is 2. The molecule has 0 aromatic heterocycles. The fourth-order valence-corrected chi connectivity index (χ4v) is 3.84. The quantitative estimate of drug-likeness (QED) is 0.851. The molecule has 0 amide bonds. The van der Waals surface area contributed by atoms with Crippen LogP contribution in [0.5, 0.6) is 0 Å². The normalized spacial score (nSPS) is 26.6. The van der Waals surface area contributed by atoms with E-state index in [0.717, 1.165) is 30.4 Å². The van der Waals surface area contributed by atoms with Gasteiger partial charge in [-0.1, -0.05) is 23.8 Å². The molecule has 0 aliphatic carbocycles. The minimum atomic E-state index is 0.422. The molecular formula is C15H20ClN3S. The summed E-state index contributed by atoms with van der Waals surface area (Å²) < 4.78 is 0. The second kappa shape index (κ2) is 5.51. The largest absolute Gasteiger partial charge is 0.389 e. The van der Waals surface area contributed by atoms with Crippen molar-refractivity contribution in [3.8, 4) is 0 Å². The number of thiocarbonyl (C=S) groups is 1. The van der Waals surface area contributed by atoms with Crippen LogP contribution >= 0.6 is 23.8 Å². The zero-order valence-electron chi connectivity index (χ0n) is 11.7. The lowest BCUT2D eigenvalue weighted by molar-refractivity contribution is 0.254. The Morgan fingerprint density at radius 3 is 2.80 bits per heavy atom. The number of anilines is 1. The van der Waals surface area contributed by atoms with Crippen LogP contribution in [0.2, 0.25) is 5.02 Å². The van der Waals surface area contributed by atoms with Gasteiger partial charge in [-0.15, -0.1) is 0 Å². The van der Waals surface area contributed by atoms with Crippen LogP contribution in [-0.2, 0) is 0 Å². The highest BCUT2D eigenvalue weighted by Crippen LogP contribution is 2.32. The number of halogens is 1. The molecule has 1 aromatic rings. The lowest BCUT2D eigenvalue weighted by Crippen LogP contribution is -2.37. The van der Waals surface area contributed by atoms with Crippen molar-refractivity contribution >= 4 is 34.5 Å². The van der Waals surface area contributed by atoms with E-state index in [2.05, 4.69) is 22.9 Å². The van der Waals surface area contributed by atoms with Crippen molar-refractivity contribution in [2.75, 3.05) is 25.0 Å². The average molecular weight is 310 g/mol. The fraction of sp³-hybridized carbons (Fsp3) is 0.533. The van der Waals surface area contributed by atoms with Gasteiger partial charge >= 0.3 is 0 Å². The first-order valence-electron chi connectivity index (χ1n) is 7.12. The third-order valence-corrected chi connectivity index (χ3v) is 5.17. The SMILES string of the molecule is CN1C2CCC1CN(c1ccc(Cl)cc1C(N)=S)CC2. The minimum absolute atomic E-state index is 0.422. The third-order valence-electron chi connectivity index (χ3n) is 4.71. The maximum atomic E-state index is 6.08. The molecule has 20 heavy (non-hydrogen) atoms. The van der Waals surface area contributed by atoms with Crippen molar-refractivity contribution in [1.29, 1.82) is 0 Å². The van der Waals surface area contributed by atoms with Crippen molar-refractivity contribution in [2.45, 2.75) is 31.3 Å². The van der Waals surface area contributed by atoms with Gasteiger partial charge in [0.15, 0.2) is 0 Å². The van der Waals surface area contributed by atoms with Gasteiger partial charge in [0.2, 0.25) is 0 Å². The van der Waals surface area contributed by atoms with E-state index in [-0.39, 0.29) is 0 Å². The first-order valence-corrected chi connectivity index (χ1v) is 7.91. The second-order valence-corrected chi connectivity index (χ2v) is 6.69. The van der Waals surface area contributed by atoms with Crippen molar-refractivity contribution in [2.24, 2.45) is 5.73 Å². The van der Waals surface area contributed by atoms with E-state index in [1.807, 2.05) is 12.1 Å². The molecular weight excluding hydrogens is 290 g/mol. The number of hydrogen-bond acceptors (Lipinski definition) is 3. The Hall–Kier alpha value is -0.840. The monoisotopic (exact) mass is 309 g/mol. The molecule has 3 nitrogen and oxygen atoms in total. The number of likely N-dealkylation sites (N-methyl/N-ethyl adjacent to an activating group) is 1. The molecule has 1 aromatic carbocycles. The summed E-state index contributed by atoms with van der Waals surface area (Å²) in [6, 6.07) is 7.22. The van der Waals surface area contributed by atoms with Crippen LogP contribution in [-0.4, -0.2) is 42.1 Å². The van der Waals surface area contributed by atoms with Crippen molar-refractivity contribution in [3.05, 3.63) is 28.8 Å². The van der Waals surface area contributed by atoms with E-state index in [4.69, 9.17) is 29.6 Å². The van der Waals surface area contributed by atoms with Crippen LogP contribution in [0.15, 0.2) is 18.2 Å². The van der Waals surface area contributed by atoms with Crippen LogP contribution in [0.25, 0.3) is 0 Å². The summed E-state index contributed by atoms with van der Waals surface area (Å²) in [5, 5.41) is 0.685. The number of hydrogen-bond donors (Lipinski definition) is 1.